The quantitative estimate of drug-likeness (QED) is 0.700. The molecule has 8 heteroatoms. The van der Waals surface area contributed by atoms with Crippen molar-refractivity contribution >= 4 is 29.2 Å². The lowest BCUT2D eigenvalue weighted by Crippen LogP contribution is -2.58. The van der Waals surface area contributed by atoms with E-state index in [1.165, 1.54) is 12.8 Å². The molecule has 0 bridgehead atoms. The number of carbonyl (C=O) groups is 2. The van der Waals surface area contributed by atoms with Gasteiger partial charge < -0.3 is 20.3 Å². The highest BCUT2D eigenvalue weighted by Gasteiger charge is 2.37. The van der Waals surface area contributed by atoms with Crippen LogP contribution in [-0.4, -0.2) is 73.2 Å². The van der Waals surface area contributed by atoms with Gasteiger partial charge in [-0.15, -0.1) is 0 Å². The maximum absolute atomic E-state index is 13.2. The Balaban J connectivity index is 1.32. The molecule has 2 N–H and O–H groups in total. The summed E-state index contributed by atoms with van der Waals surface area (Å²) in [4.78, 5) is 29.9. The Morgan fingerprint density at radius 2 is 1.87 bits per heavy atom. The van der Waals surface area contributed by atoms with Gasteiger partial charge in [-0.05, 0) is 49.8 Å². The summed E-state index contributed by atoms with van der Waals surface area (Å²) in [6, 6.07) is 6.93. The molecule has 2 heterocycles. The van der Waals surface area contributed by atoms with Crippen molar-refractivity contribution in [3.05, 3.63) is 29.3 Å². The zero-order valence-electron chi connectivity index (χ0n) is 18.0. The van der Waals surface area contributed by atoms with Crippen LogP contribution in [0, 0.1) is 5.92 Å². The van der Waals surface area contributed by atoms with E-state index < -0.39 is 0 Å². The van der Waals surface area contributed by atoms with Gasteiger partial charge in [0.05, 0.1) is 12.1 Å². The minimum Gasteiger partial charge on any atom is -0.376 e. The van der Waals surface area contributed by atoms with Gasteiger partial charge in [-0.3, -0.25) is 9.69 Å². The minimum absolute atomic E-state index is 0.109. The molecule has 1 aromatic carbocycles. The van der Waals surface area contributed by atoms with E-state index in [9.17, 15) is 9.59 Å². The SMILES string of the molecule is O=C(NC[C@@H]1CCCO1)[C@H](C1CCCC1)N1CCN(C(=O)Nc2cccc(Cl)c2)CC1. The number of benzene rings is 1. The first-order valence-corrected chi connectivity index (χ1v) is 11.9. The van der Waals surface area contributed by atoms with Crippen molar-refractivity contribution in [3.8, 4) is 0 Å². The fourth-order valence-corrected chi connectivity index (χ4v) is 5.24. The third-order valence-corrected chi connectivity index (χ3v) is 6.95. The smallest absolute Gasteiger partial charge is 0.321 e. The van der Waals surface area contributed by atoms with Crippen LogP contribution in [0.15, 0.2) is 24.3 Å². The number of hydrogen-bond acceptors (Lipinski definition) is 4. The van der Waals surface area contributed by atoms with Crippen LogP contribution in [0.2, 0.25) is 5.02 Å². The lowest BCUT2D eigenvalue weighted by atomic mass is 9.95. The summed E-state index contributed by atoms with van der Waals surface area (Å²) in [6.07, 6.45) is 6.85. The monoisotopic (exact) mass is 448 g/mol. The Bertz CT molecular complexity index is 757. The van der Waals surface area contributed by atoms with Gasteiger partial charge in [-0.2, -0.15) is 0 Å². The van der Waals surface area contributed by atoms with E-state index in [0.29, 0.717) is 49.4 Å². The molecular weight excluding hydrogens is 416 g/mol. The van der Waals surface area contributed by atoms with Crippen LogP contribution in [0.5, 0.6) is 0 Å². The Kier molecular flexibility index (Phi) is 7.69. The summed E-state index contributed by atoms with van der Waals surface area (Å²) < 4.78 is 5.66. The second-order valence-electron chi connectivity index (χ2n) is 8.83. The van der Waals surface area contributed by atoms with Gasteiger partial charge >= 0.3 is 6.03 Å². The van der Waals surface area contributed by atoms with Crippen LogP contribution in [0.25, 0.3) is 0 Å². The van der Waals surface area contributed by atoms with Crippen molar-refractivity contribution in [1.82, 2.24) is 15.1 Å². The molecule has 0 radical (unpaired) electrons. The molecule has 7 nitrogen and oxygen atoms in total. The zero-order valence-corrected chi connectivity index (χ0v) is 18.8. The Hall–Kier alpha value is -1.83. The first-order chi connectivity index (χ1) is 15.1. The molecule has 3 aliphatic rings. The third kappa shape index (κ3) is 5.90. The molecule has 3 fully saturated rings. The van der Waals surface area contributed by atoms with E-state index in [0.717, 1.165) is 32.3 Å². The molecule has 170 valence electrons. The second kappa shape index (κ2) is 10.7. The second-order valence-corrected chi connectivity index (χ2v) is 9.27. The summed E-state index contributed by atoms with van der Waals surface area (Å²) in [5.41, 5.74) is 0.692. The fraction of sp³-hybridized carbons (Fsp3) is 0.652. The zero-order chi connectivity index (χ0) is 21.6. The lowest BCUT2D eigenvalue weighted by Gasteiger charge is -2.40. The van der Waals surface area contributed by atoms with Crippen LogP contribution in [-0.2, 0) is 9.53 Å². The van der Waals surface area contributed by atoms with Crippen LogP contribution >= 0.6 is 11.6 Å². The van der Waals surface area contributed by atoms with Crippen LogP contribution in [0.3, 0.4) is 0 Å². The van der Waals surface area contributed by atoms with Crippen LogP contribution < -0.4 is 10.6 Å². The number of halogens is 1. The van der Waals surface area contributed by atoms with Gasteiger partial charge in [0, 0.05) is 50.0 Å². The summed E-state index contributed by atoms with van der Waals surface area (Å²) in [5, 5.41) is 6.67. The average Bonchev–Trinajstić information content (AvgIpc) is 3.47. The topological polar surface area (TPSA) is 73.9 Å². The third-order valence-electron chi connectivity index (χ3n) is 6.71. The maximum Gasteiger partial charge on any atom is 0.321 e. The van der Waals surface area contributed by atoms with Crippen molar-refractivity contribution in [1.29, 1.82) is 0 Å². The molecule has 31 heavy (non-hydrogen) atoms. The molecule has 1 saturated carbocycles. The number of nitrogens with one attached hydrogen (secondary N) is 2. The Morgan fingerprint density at radius 1 is 1.10 bits per heavy atom. The lowest BCUT2D eigenvalue weighted by molar-refractivity contribution is -0.129. The van der Waals surface area contributed by atoms with Gasteiger partial charge in [0.25, 0.3) is 0 Å². The molecule has 2 atom stereocenters. The van der Waals surface area contributed by atoms with E-state index in [-0.39, 0.29) is 24.1 Å². The standard InChI is InChI=1S/C23H33ClN4O3/c24-18-7-3-8-19(15-18)26-23(30)28-12-10-27(11-13-28)21(17-5-1-2-6-17)22(29)25-16-20-9-4-14-31-20/h3,7-8,15,17,20-21H,1-2,4-6,9-14,16H2,(H,25,29)(H,26,30)/t20-,21-/m0/s1. The van der Waals surface area contributed by atoms with Gasteiger partial charge in [0.1, 0.15) is 0 Å². The van der Waals surface area contributed by atoms with E-state index in [1.807, 2.05) is 17.0 Å². The highest BCUT2D eigenvalue weighted by molar-refractivity contribution is 6.30. The fourth-order valence-electron chi connectivity index (χ4n) is 5.05. The Morgan fingerprint density at radius 3 is 2.55 bits per heavy atom. The Labute approximate surface area is 189 Å². The van der Waals surface area contributed by atoms with Crippen LogP contribution in [0.1, 0.15) is 38.5 Å². The maximum atomic E-state index is 13.2. The van der Waals surface area contributed by atoms with Crippen molar-refractivity contribution < 1.29 is 14.3 Å². The van der Waals surface area contributed by atoms with Gasteiger partial charge in [-0.25, -0.2) is 4.79 Å². The number of hydrogen-bond donors (Lipinski definition) is 2. The molecule has 0 aromatic heterocycles. The number of urea groups is 1. The number of piperazine rings is 1. The summed E-state index contributed by atoms with van der Waals surface area (Å²) >= 11 is 6.01. The van der Waals surface area contributed by atoms with E-state index in [1.54, 1.807) is 12.1 Å². The largest absolute Gasteiger partial charge is 0.376 e. The van der Waals surface area contributed by atoms with Crippen LogP contribution in [0.4, 0.5) is 10.5 Å². The highest BCUT2D eigenvalue weighted by Crippen LogP contribution is 2.31. The number of carbonyl (C=O) groups excluding carboxylic acids is 2. The van der Waals surface area contributed by atoms with Gasteiger partial charge in [0.15, 0.2) is 0 Å². The molecule has 3 amide bonds. The normalized spacial score (nSPS) is 23.6. The predicted octanol–water partition coefficient (Wildman–Crippen LogP) is 3.34. The number of amides is 3. The molecule has 1 aromatic rings. The van der Waals surface area contributed by atoms with Crippen molar-refractivity contribution in [2.75, 3.05) is 44.6 Å². The minimum atomic E-state index is -0.123. The first-order valence-electron chi connectivity index (χ1n) is 11.5. The number of rotatable bonds is 6. The molecule has 2 aliphatic heterocycles. The number of nitrogens with zero attached hydrogens (tertiary/aromatic N) is 2. The molecule has 4 rings (SSSR count). The molecule has 0 spiro atoms. The van der Waals surface area contributed by atoms with Gasteiger partial charge in [0.2, 0.25) is 5.91 Å². The summed E-state index contributed by atoms with van der Waals surface area (Å²) in [7, 11) is 0. The van der Waals surface area contributed by atoms with Gasteiger partial charge in [-0.1, -0.05) is 30.5 Å². The molecular formula is C23H33ClN4O3. The van der Waals surface area contributed by atoms with Crippen molar-refractivity contribution in [2.45, 2.75) is 50.7 Å². The summed E-state index contributed by atoms with van der Waals surface area (Å²) in [6.45, 7) is 4.02. The van der Waals surface area contributed by atoms with E-state index in [4.69, 9.17) is 16.3 Å². The first kappa shape index (κ1) is 22.4. The van der Waals surface area contributed by atoms with E-state index in [2.05, 4.69) is 15.5 Å². The molecule has 1 aliphatic carbocycles. The highest BCUT2D eigenvalue weighted by atomic mass is 35.5. The molecule has 2 saturated heterocycles. The summed E-state index contributed by atoms with van der Waals surface area (Å²) in [5.74, 6) is 0.524. The number of ether oxygens (including phenoxy) is 1. The van der Waals surface area contributed by atoms with Crippen molar-refractivity contribution in [3.63, 3.8) is 0 Å². The molecule has 0 unspecified atom stereocenters. The van der Waals surface area contributed by atoms with E-state index >= 15 is 0 Å². The number of anilines is 1. The predicted molar refractivity (Wildman–Crippen MR) is 121 cm³/mol. The van der Waals surface area contributed by atoms with Crippen molar-refractivity contribution in [2.24, 2.45) is 5.92 Å². The average molecular weight is 449 g/mol.